The number of halogens is 1. The van der Waals surface area contributed by atoms with E-state index >= 15 is 0 Å². The Labute approximate surface area is 155 Å². The van der Waals surface area contributed by atoms with Crippen LogP contribution in [0.2, 0.25) is 0 Å². The quantitative estimate of drug-likeness (QED) is 0.314. The maximum Gasteiger partial charge on any atom is 1.00 e. The van der Waals surface area contributed by atoms with Gasteiger partial charge in [-0.05, 0) is 12.5 Å². The summed E-state index contributed by atoms with van der Waals surface area (Å²) in [5.74, 6) is -2.96. The number of fused-ring (bicyclic) bond motifs is 2. The zero-order chi connectivity index (χ0) is 18.0. The van der Waals surface area contributed by atoms with E-state index in [1.165, 1.54) is 6.08 Å². The first-order valence-electron chi connectivity index (χ1n) is 7.10. The van der Waals surface area contributed by atoms with Crippen molar-refractivity contribution in [2.45, 2.75) is 31.8 Å². The molecule has 0 unspecified atom stereocenters. The Morgan fingerprint density at radius 2 is 2.20 bits per heavy atom. The standard InChI is InChI=1S/C13H17FN4O6.Li.H/c1-6-4-7-5-17(9(6)11(20)16-3-2-8(15)19)13(23)18(7)24-10(14)12(21)22;;/h4,7,9-10H,2-3,5H2,1H3,(H2,15,19)(H,16,20)(H,21,22);;/q;+1;-1/t7-,9+,10-;;/m1../s1. The number of hydrogen-bond donors (Lipinski definition) is 3. The summed E-state index contributed by atoms with van der Waals surface area (Å²) in [5.41, 5.74) is 5.50. The van der Waals surface area contributed by atoms with Crippen molar-refractivity contribution in [3.05, 3.63) is 11.6 Å². The molecule has 0 radical (unpaired) electrons. The number of hydrogen-bond acceptors (Lipinski definition) is 5. The third-order valence-corrected chi connectivity index (χ3v) is 3.64. The summed E-state index contributed by atoms with van der Waals surface area (Å²) in [6.07, 6.45) is -1.20. The Morgan fingerprint density at radius 1 is 1.56 bits per heavy atom. The number of carbonyl (C=O) groups excluding carboxylic acids is 3. The van der Waals surface area contributed by atoms with Gasteiger partial charge in [0.1, 0.15) is 6.04 Å². The van der Waals surface area contributed by atoms with Crippen LogP contribution in [0.15, 0.2) is 11.6 Å². The largest absolute Gasteiger partial charge is 1.00 e. The summed E-state index contributed by atoms with van der Waals surface area (Å²) in [4.78, 5) is 51.4. The number of alkyl halides is 1. The Bertz CT molecular complexity index is 621. The number of amides is 4. The molecule has 4 amide bonds. The number of nitrogens with one attached hydrogen (secondary N) is 1. The van der Waals surface area contributed by atoms with Gasteiger partial charge in [-0.25, -0.2) is 18.8 Å². The van der Waals surface area contributed by atoms with Crippen molar-refractivity contribution in [1.29, 1.82) is 0 Å². The van der Waals surface area contributed by atoms with Crippen molar-refractivity contribution in [2.24, 2.45) is 5.73 Å². The Kier molecular flexibility index (Phi) is 6.98. The van der Waals surface area contributed by atoms with E-state index in [0.717, 1.165) is 4.90 Å². The molecule has 0 aliphatic carbocycles. The summed E-state index contributed by atoms with van der Waals surface area (Å²) in [7, 11) is 0. The van der Waals surface area contributed by atoms with Crippen LogP contribution < -0.4 is 29.9 Å². The maximum atomic E-state index is 13.2. The van der Waals surface area contributed by atoms with Crippen molar-refractivity contribution in [3.63, 3.8) is 0 Å². The van der Waals surface area contributed by atoms with Crippen LogP contribution >= 0.6 is 0 Å². The Hall–Kier alpha value is -2.09. The minimum absolute atomic E-state index is 0. The van der Waals surface area contributed by atoms with Crippen LogP contribution in [0.5, 0.6) is 0 Å². The van der Waals surface area contributed by atoms with Crippen LogP contribution in [0, 0.1) is 0 Å². The predicted octanol–water partition coefficient (Wildman–Crippen LogP) is -4.16. The molecule has 3 atom stereocenters. The minimum atomic E-state index is -2.69. The number of primary amides is 1. The third-order valence-electron chi connectivity index (χ3n) is 3.64. The molecule has 10 nitrogen and oxygen atoms in total. The summed E-state index contributed by atoms with van der Waals surface area (Å²) in [6, 6.07) is -2.45. The molecule has 2 rings (SSSR count). The van der Waals surface area contributed by atoms with Crippen molar-refractivity contribution in [3.8, 4) is 0 Å². The van der Waals surface area contributed by atoms with Gasteiger partial charge in [0.15, 0.2) is 0 Å². The van der Waals surface area contributed by atoms with Gasteiger partial charge < -0.3 is 22.5 Å². The van der Waals surface area contributed by atoms with Crippen molar-refractivity contribution in [1.82, 2.24) is 15.3 Å². The first-order chi connectivity index (χ1) is 11.2. The van der Waals surface area contributed by atoms with E-state index < -0.39 is 42.3 Å². The number of carbonyl (C=O) groups is 4. The zero-order valence-electron chi connectivity index (χ0n) is 14.8. The van der Waals surface area contributed by atoms with Crippen LogP contribution in [-0.2, 0) is 19.2 Å². The van der Waals surface area contributed by atoms with Gasteiger partial charge in [-0.2, -0.15) is 5.06 Å². The smallest absolute Gasteiger partial charge is 1.00 e. The number of carboxylic acid groups (broad SMARTS) is 1. The molecular weight excluding hydrogens is 334 g/mol. The fraction of sp³-hybridized carbons (Fsp3) is 0.538. The molecule has 134 valence electrons. The summed E-state index contributed by atoms with van der Waals surface area (Å²) in [5, 5.41) is 11.6. The average molecular weight is 352 g/mol. The van der Waals surface area contributed by atoms with Crippen molar-refractivity contribution in [2.75, 3.05) is 13.1 Å². The molecule has 25 heavy (non-hydrogen) atoms. The van der Waals surface area contributed by atoms with Gasteiger partial charge in [0.25, 0.3) is 0 Å². The molecule has 1 saturated heterocycles. The molecule has 2 bridgehead atoms. The number of hydroxylamine groups is 2. The van der Waals surface area contributed by atoms with Gasteiger partial charge in [-0.3, -0.25) is 9.59 Å². The second kappa shape index (κ2) is 8.33. The number of aliphatic carboxylic acids is 1. The van der Waals surface area contributed by atoms with Gasteiger partial charge in [0.05, 0.1) is 12.6 Å². The van der Waals surface area contributed by atoms with Gasteiger partial charge in [-0.1, -0.05) is 6.08 Å². The molecule has 4 N–H and O–H groups in total. The number of nitrogens with zero attached hydrogens (tertiary/aromatic N) is 2. The molecule has 2 aliphatic rings. The van der Waals surface area contributed by atoms with Crippen LogP contribution in [0.4, 0.5) is 9.18 Å². The molecule has 12 heteroatoms. The first-order valence-corrected chi connectivity index (χ1v) is 7.10. The molecule has 1 fully saturated rings. The maximum absolute atomic E-state index is 13.2. The van der Waals surface area contributed by atoms with Gasteiger partial charge in [0, 0.05) is 13.0 Å². The average Bonchev–Trinajstić information content (AvgIpc) is 2.72. The number of urea groups is 1. The van der Waals surface area contributed by atoms with E-state index in [-0.39, 0.29) is 39.8 Å². The van der Waals surface area contributed by atoms with Gasteiger partial charge >= 0.3 is 37.2 Å². The minimum Gasteiger partial charge on any atom is -1.00 e. The fourth-order valence-electron chi connectivity index (χ4n) is 2.62. The topological polar surface area (TPSA) is 142 Å². The summed E-state index contributed by atoms with van der Waals surface area (Å²) < 4.78 is 13.2. The van der Waals surface area contributed by atoms with E-state index in [1.54, 1.807) is 6.92 Å². The molecule has 0 aromatic carbocycles. The molecule has 2 aliphatic heterocycles. The van der Waals surface area contributed by atoms with Crippen LogP contribution in [0.1, 0.15) is 14.8 Å². The number of carboxylic acids is 1. The van der Waals surface area contributed by atoms with Crippen LogP contribution in [0.25, 0.3) is 0 Å². The van der Waals surface area contributed by atoms with Gasteiger partial charge in [-0.15, -0.1) is 0 Å². The Morgan fingerprint density at radius 3 is 2.76 bits per heavy atom. The fourth-order valence-corrected chi connectivity index (χ4v) is 2.62. The summed E-state index contributed by atoms with van der Waals surface area (Å²) in [6.45, 7) is 1.68. The van der Waals surface area contributed by atoms with E-state index in [2.05, 4.69) is 10.2 Å². The second-order valence-corrected chi connectivity index (χ2v) is 5.41. The predicted molar refractivity (Wildman–Crippen MR) is 76.8 cm³/mol. The molecule has 2 heterocycles. The van der Waals surface area contributed by atoms with E-state index in [9.17, 15) is 23.6 Å². The van der Waals surface area contributed by atoms with E-state index in [0.29, 0.717) is 10.6 Å². The number of rotatable bonds is 7. The number of nitrogens with two attached hydrogens (primary N) is 1. The Balaban J connectivity index is 0.00000312. The van der Waals surface area contributed by atoms with Crippen LogP contribution in [-0.4, -0.2) is 70.4 Å². The normalized spacial score (nSPS) is 22.8. The third kappa shape index (κ3) is 4.50. The second-order valence-electron chi connectivity index (χ2n) is 5.41. The van der Waals surface area contributed by atoms with E-state index in [4.69, 9.17) is 10.8 Å². The zero-order valence-corrected chi connectivity index (χ0v) is 13.8. The molecule has 0 aromatic rings. The molecule has 0 aromatic heterocycles. The first kappa shape index (κ1) is 21.0. The van der Waals surface area contributed by atoms with Crippen LogP contribution in [0.3, 0.4) is 0 Å². The SMILES string of the molecule is CC1=C[C@@H]2CN(C(=O)N2O[C@@H](F)C(=O)O)[C@@H]1C(=O)NCCC(N)=O.[H-].[Li+]. The van der Waals surface area contributed by atoms with Crippen molar-refractivity contribution >= 4 is 23.8 Å². The summed E-state index contributed by atoms with van der Waals surface area (Å²) >= 11 is 0. The van der Waals surface area contributed by atoms with E-state index in [1.807, 2.05) is 0 Å². The van der Waals surface area contributed by atoms with Crippen molar-refractivity contribution < 1.29 is 53.8 Å². The monoisotopic (exact) mass is 352 g/mol. The molecule has 0 saturated carbocycles. The molecule has 0 spiro atoms. The molecular formula is C13H18FLiN4O6. The van der Waals surface area contributed by atoms with Gasteiger partial charge in [0.2, 0.25) is 11.8 Å².